The summed E-state index contributed by atoms with van der Waals surface area (Å²) in [4.78, 5) is 23.6. The van der Waals surface area contributed by atoms with Crippen molar-refractivity contribution < 1.29 is 27.9 Å². The predicted molar refractivity (Wildman–Crippen MR) is 130 cm³/mol. The lowest BCUT2D eigenvalue weighted by Crippen LogP contribution is -2.35. The lowest BCUT2D eigenvalue weighted by molar-refractivity contribution is -0.115. The summed E-state index contributed by atoms with van der Waals surface area (Å²) in [5, 5.41) is 9.04. The van der Waals surface area contributed by atoms with Gasteiger partial charge >= 0.3 is 5.97 Å². The van der Waals surface area contributed by atoms with Gasteiger partial charge in [-0.2, -0.15) is 4.31 Å². The second-order valence-corrected chi connectivity index (χ2v) is 9.87. The Balaban J connectivity index is 1.93. The molecule has 0 heterocycles. The van der Waals surface area contributed by atoms with Crippen molar-refractivity contribution in [1.29, 1.82) is 0 Å². The highest BCUT2D eigenvalue weighted by atomic mass is 32.2. The maximum absolute atomic E-state index is 13.3. The van der Waals surface area contributed by atoms with Crippen molar-refractivity contribution in [1.82, 2.24) is 0 Å². The number of carboxylic acid groups (broad SMARTS) is 1. The first kappa shape index (κ1) is 25.0. The molecule has 0 atom stereocenters. The van der Waals surface area contributed by atoms with Crippen LogP contribution in [0.4, 0.5) is 5.69 Å². The van der Waals surface area contributed by atoms with Crippen LogP contribution in [-0.4, -0.2) is 32.0 Å². The molecule has 3 aromatic carbocycles. The first-order chi connectivity index (χ1) is 16.1. The van der Waals surface area contributed by atoms with E-state index in [2.05, 4.69) is 0 Å². The van der Waals surface area contributed by atoms with E-state index in [9.17, 15) is 18.0 Å². The maximum Gasteiger partial charge on any atom is 0.335 e. The Morgan fingerprint density at radius 2 is 1.62 bits per heavy atom. The van der Waals surface area contributed by atoms with Crippen LogP contribution in [0.15, 0.2) is 77.7 Å². The van der Waals surface area contributed by atoms with E-state index in [-0.39, 0.29) is 34.4 Å². The Morgan fingerprint density at radius 1 is 0.971 bits per heavy atom. The Hall–Kier alpha value is -3.65. The van der Waals surface area contributed by atoms with Crippen LogP contribution in [0.25, 0.3) is 0 Å². The van der Waals surface area contributed by atoms with E-state index in [1.54, 1.807) is 48.5 Å². The summed E-state index contributed by atoms with van der Waals surface area (Å²) in [6, 6.07) is 19.4. The first-order valence-corrected chi connectivity index (χ1v) is 12.2. The van der Waals surface area contributed by atoms with E-state index in [1.165, 1.54) is 31.2 Å². The highest BCUT2D eigenvalue weighted by molar-refractivity contribution is 7.93. The third-order valence-electron chi connectivity index (χ3n) is 5.29. The second kappa shape index (κ2) is 10.5. The van der Waals surface area contributed by atoms with Gasteiger partial charge in [0.1, 0.15) is 11.4 Å². The number of ether oxygens (including phenoxy) is 1. The monoisotopic (exact) mass is 481 g/mol. The van der Waals surface area contributed by atoms with Gasteiger partial charge in [-0.05, 0) is 53.4 Å². The summed E-state index contributed by atoms with van der Waals surface area (Å²) in [5.41, 5.74) is 2.14. The van der Waals surface area contributed by atoms with E-state index in [4.69, 9.17) is 9.84 Å². The number of benzene rings is 3. The molecular formula is C26H27NO6S. The van der Waals surface area contributed by atoms with Crippen LogP contribution in [0, 0.1) is 0 Å². The summed E-state index contributed by atoms with van der Waals surface area (Å²) in [6.07, 6.45) is 0.469. The molecule has 0 radical (unpaired) electrons. The Labute approximate surface area is 199 Å². The molecule has 0 saturated heterocycles. The molecule has 0 fully saturated rings. The van der Waals surface area contributed by atoms with Crippen molar-refractivity contribution in [2.24, 2.45) is 0 Å². The van der Waals surface area contributed by atoms with Gasteiger partial charge < -0.3 is 9.84 Å². The molecule has 0 aliphatic rings. The van der Waals surface area contributed by atoms with Gasteiger partial charge in [-0.25, -0.2) is 13.2 Å². The Kier molecular flexibility index (Phi) is 7.73. The summed E-state index contributed by atoms with van der Waals surface area (Å²) >= 11 is 0. The van der Waals surface area contributed by atoms with Crippen molar-refractivity contribution in [2.45, 2.75) is 38.0 Å². The number of hydrogen-bond donors (Lipinski definition) is 1. The van der Waals surface area contributed by atoms with Gasteiger partial charge in [0.15, 0.2) is 0 Å². The number of aromatic carboxylic acids is 1. The quantitative estimate of drug-likeness (QED) is 0.468. The average molecular weight is 482 g/mol. The smallest absolute Gasteiger partial charge is 0.335 e. The van der Waals surface area contributed by atoms with Gasteiger partial charge in [-0.3, -0.25) is 4.79 Å². The molecular weight excluding hydrogens is 454 g/mol. The van der Waals surface area contributed by atoms with Crippen molar-refractivity contribution in [3.63, 3.8) is 0 Å². The number of nitrogens with zero attached hydrogens (tertiary/aromatic N) is 1. The van der Waals surface area contributed by atoms with Crippen LogP contribution in [0.3, 0.4) is 0 Å². The van der Waals surface area contributed by atoms with E-state index < -0.39 is 21.9 Å². The number of amides is 1. The SMILES string of the molecule is CC(=O)N(c1ccc(C(C)C)cc1OCCc1ccc(C(=O)O)cc1)S(=O)(=O)c1ccccc1. The molecule has 34 heavy (non-hydrogen) atoms. The van der Waals surface area contributed by atoms with E-state index >= 15 is 0 Å². The number of carbonyl (C=O) groups is 2. The summed E-state index contributed by atoms with van der Waals surface area (Å²) in [5.74, 6) is -1.21. The molecule has 0 saturated carbocycles. The summed E-state index contributed by atoms with van der Waals surface area (Å²) in [6.45, 7) is 5.42. The second-order valence-electron chi connectivity index (χ2n) is 8.08. The van der Waals surface area contributed by atoms with E-state index in [0.717, 1.165) is 15.4 Å². The van der Waals surface area contributed by atoms with Gasteiger partial charge in [0.05, 0.1) is 17.1 Å². The number of carboxylic acids is 1. The van der Waals surface area contributed by atoms with Crippen molar-refractivity contribution in [3.05, 3.63) is 89.5 Å². The molecule has 7 nitrogen and oxygen atoms in total. The molecule has 0 aromatic heterocycles. The minimum absolute atomic E-state index is 0.00241. The average Bonchev–Trinajstić information content (AvgIpc) is 2.80. The molecule has 0 unspecified atom stereocenters. The zero-order valence-electron chi connectivity index (χ0n) is 19.3. The predicted octanol–water partition coefficient (Wildman–Crippen LogP) is 4.87. The van der Waals surface area contributed by atoms with Crippen LogP contribution >= 0.6 is 0 Å². The molecule has 0 spiro atoms. The molecule has 8 heteroatoms. The van der Waals surface area contributed by atoms with Crippen molar-refractivity contribution in [2.75, 3.05) is 10.9 Å². The van der Waals surface area contributed by atoms with Crippen molar-refractivity contribution in [3.8, 4) is 5.75 Å². The van der Waals surface area contributed by atoms with Crippen LogP contribution in [0.1, 0.15) is 48.2 Å². The topological polar surface area (TPSA) is 101 Å². The minimum Gasteiger partial charge on any atom is -0.491 e. The number of carbonyl (C=O) groups excluding carboxylic acids is 1. The lowest BCUT2D eigenvalue weighted by Gasteiger charge is -2.24. The maximum atomic E-state index is 13.3. The fraction of sp³-hybridized carbons (Fsp3) is 0.231. The minimum atomic E-state index is -4.15. The number of sulfonamides is 1. The van der Waals surface area contributed by atoms with Gasteiger partial charge in [0.25, 0.3) is 10.0 Å². The zero-order chi connectivity index (χ0) is 24.9. The van der Waals surface area contributed by atoms with Gasteiger partial charge in [0, 0.05) is 13.3 Å². The van der Waals surface area contributed by atoms with Crippen LogP contribution in [0.2, 0.25) is 0 Å². The third-order valence-corrected chi connectivity index (χ3v) is 7.09. The standard InChI is InChI=1S/C26H27NO6S/c1-18(2)22-13-14-24(27(19(3)28)34(31,32)23-7-5-4-6-8-23)25(17-22)33-16-15-20-9-11-21(12-10-20)26(29)30/h4-14,17-18H,15-16H2,1-3H3,(H,29,30). The Bertz CT molecular complexity index is 1270. The molecule has 0 aliphatic carbocycles. The Morgan fingerprint density at radius 3 is 2.18 bits per heavy atom. The molecule has 3 rings (SSSR count). The third kappa shape index (κ3) is 5.63. The van der Waals surface area contributed by atoms with Crippen LogP contribution in [-0.2, 0) is 21.2 Å². The summed E-state index contributed by atoms with van der Waals surface area (Å²) < 4.78 is 33.4. The largest absolute Gasteiger partial charge is 0.491 e. The van der Waals surface area contributed by atoms with Crippen LogP contribution < -0.4 is 9.04 Å². The number of hydrogen-bond acceptors (Lipinski definition) is 5. The van der Waals surface area contributed by atoms with Crippen molar-refractivity contribution >= 4 is 27.6 Å². The fourth-order valence-electron chi connectivity index (χ4n) is 3.43. The first-order valence-electron chi connectivity index (χ1n) is 10.8. The summed E-state index contributed by atoms with van der Waals surface area (Å²) in [7, 11) is -4.15. The molecule has 1 amide bonds. The lowest BCUT2D eigenvalue weighted by atomic mass is 10.0. The zero-order valence-corrected chi connectivity index (χ0v) is 20.1. The highest BCUT2D eigenvalue weighted by Crippen LogP contribution is 2.35. The molecule has 178 valence electrons. The van der Waals surface area contributed by atoms with E-state index in [1.807, 2.05) is 13.8 Å². The van der Waals surface area contributed by atoms with Gasteiger partial charge in [-0.15, -0.1) is 0 Å². The fourth-order valence-corrected chi connectivity index (χ4v) is 4.89. The highest BCUT2D eigenvalue weighted by Gasteiger charge is 2.31. The van der Waals surface area contributed by atoms with Crippen LogP contribution in [0.5, 0.6) is 5.75 Å². The molecule has 0 aliphatic heterocycles. The van der Waals surface area contributed by atoms with E-state index in [0.29, 0.717) is 6.42 Å². The van der Waals surface area contributed by atoms with Gasteiger partial charge in [0.2, 0.25) is 5.91 Å². The normalized spacial score (nSPS) is 11.3. The molecule has 1 N–H and O–H groups in total. The number of rotatable bonds is 9. The number of anilines is 1. The van der Waals surface area contributed by atoms with Gasteiger partial charge in [-0.1, -0.05) is 50.2 Å². The molecule has 0 bridgehead atoms. The molecule has 3 aromatic rings.